The SMILES string of the molecule is Oc1ccccc1CNCc1cc(F)ccc1O. The molecule has 0 aliphatic heterocycles. The van der Waals surface area contributed by atoms with Crippen molar-refractivity contribution < 1.29 is 14.6 Å². The third kappa shape index (κ3) is 2.99. The van der Waals surface area contributed by atoms with E-state index in [1.807, 2.05) is 6.07 Å². The number of benzene rings is 2. The van der Waals surface area contributed by atoms with Crippen molar-refractivity contribution in [3.63, 3.8) is 0 Å². The Morgan fingerprint density at radius 3 is 2.33 bits per heavy atom. The highest BCUT2D eigenvalue weighted by Gasteiger charge is 2.03. The largest absolute Gasteiger partial charge is 0.508 e. The molecule has 3 nitrogen and oxygen atoms in total. The molecule has 2 rings (SSSR count). The molecule has 4 heteroatoms. The van der Waals surface area contributed by atoms with Crippen LogP contribution in [0.3, 0.4) is 0 Å². The summed E-state index contributed by atoms with van der Waals surface area (Å²) < 4.78 is 13.0. The minimum absolute atomic E-state index is 0.0567. The van der Waals surface area contributed by atoms with Crippen molar-refractivity contribution in [3.8, 4) is 11.5 Å². The van der Waals surface area contributed by atoms with Gasteiger partial charge < -0.3 is 15.5 Å². The molecule has 0 aromatic heterocycles. The number of phenolic OH excluding ortho intramolecular Hbond substituents is 2. The van der Waals surface area contributed by atoms with Crippen LogP contribution in [0.25, 0.3) is 0 Å². The Morgan fingerprint density at radius 2 is 1.56 bits per heavy atom. The molecular formula is C14H14FNO2. The monoisotopic (exact) mass is 247 g/mol. The molecule has 0 unspecified atom stereocenters. The molecule has 0 aliphatic rings. The summed E-state index contributed by atoms with van der Waals surface area (Å²) in [6, 6.07) is 10.8. The van der Waals surface area contributed by atoms with Gasteiger partial charge in [0, 0.05) is 24.2 Å². The van der Waals surface area contributed by atoms with Crippen LogP contribution in [0.4, 0.5) is 4.39 Å². The van der Waals surface area contributed by atoms with E-state index in [4.69, 9.17) is 0 Å². The van der Waals surface area contributed by atoms with Gasteiger partial charge in [-0.1, -0.05) is 18.2 Å². The Kier molecular flexibility index (Phi) is 3.79. The second-order valence-electron chi connectivity index (χ2n) is 4.01. The van der Waals surface area contributed by atoms with Crippen LogP contribution in [-0.4, -0.2) is 10.2 Å². The maximum atomic E-state index is 13.0. The topological polar surface area (TPSA) is 52.5 Å². The Bertz CT molecular complexity index is 543. The molecule has 0 radical (unpaired) electrons. The van der Waals surface area contributed by atoms with Crippen LogP contribution in [0.2, 0.25) is 0 Å². The number of halogens is 1. The molecule has 0 amide bonds. The molecule has 0 saturated heterocycles. The van der Waals surface area contributed by atoms with Crippen LogP contribution in [0, 0.1) is 5.82 Å². The molecule has 0 saturated carbocycles. The minimum atomic E-state index is -0.382. The Hall–Kier alpha value is -2.07. The van der Waals surface area contributed by atoms with E-state index in [1.165, 1.54) is 18.2 Å². The summed E-state index contributed by atoms with van der Waals surface area (Å²) in [5, 5.41) is 22.1. The molecule has 94 valence electrons. The zero-order valence-corrected chi connectivity index (χ0v) is 9.73. The van der Waals surface area contributed by atoms with Gasteiger partial charge in [0.05, 0.1) is 0 Å². The highest BCUT2D eigenvalue weighted by molar-refractivity contribution is 5.33. The molecule has 2 aromatic rings. The fourth-order valence-electron chi connectivity index (χ4n) is 1.69. The van der Waals surface area contributed by atoms with E-state index >= 15 is 0 Å². The standard InChI is InChI=1S/C14H14FNO2/c15-12-5-6-14(18)11(7-12)9-16-8-10-3-1-2-4-13(10)17/h1-7,16-18H,8-9H2. The number of hydrogen-bond acceptors (Lipinski definition) is 3. The van der Waals surface area contributed by atoms with Crippen molar-refractivity contribution in [2.75, 3.05) is 0 Å². The first-order chi connectivity index (χ1) is 8.66. The molecular weight excluding hydrogens is 233 g/mol. The quantitative estimate of drug-likeness (QED) is 0.778. The first-order valence-electron chi connectivity index (χ1n) is 5.62. The van der Waals surface area contributed by atoms with E-state index in [2.05, 4.69) is 5.32 Å². The fourth-order valence-corrected chi connectivity index (χ4v) is 1.69. The fraction of sp³-hybridized carbons (Fsp3) is 0.143. The molecule has 0 aliphatic carbocycles. The Morgan fingerprint density at radius 1 is 0.889 bits per heavy atom. The van der Waals surface area contributed by atoms with Crippen LogP contribution >= 0.6 is 0 Å². The number of nitrogens with one attached hydrogen (secondary N) is 1. The Labute approximate surface area is 105 Å². The number of aromatic hydroxyl groups is 2. The zero-order chi connectivity index (χ0) is 13.0. The predicted octanol–water partition coefficient (Wildman–Crippen LogP) is 2.53. The zero-order valence-electron chi connectivity index (χ0n) is 9.73. The first-order valence-corrected chi connectivity index (χ1v) is 5.62. The highest BCUT2D eigenvalue weighted by atomic mass is 19.1. The summed E-state index contributed by atoms with van der Waals surface area (Å²) >= 11 is 0. The van der Waals surface area contributed by atoms with Gasteiger partial charge in [0.1, 0.15) is 17.3 Å². The van der Waals surface area contributed by atoms with Gasteiger partial charge in [-0.25, -0.2) is 4.39 Å². The molecule has 0 heterocycles. The maximum Gasteiger partial charge on any atom is 0.123 e. The first kappa shape index (κ1) is 12.4. The lowest BCUT2D eigenvalue weighted by Crippen LogP contribution is -2.13. The van der Waals surface area contributed by atoms with Crippen LogP contribution in [0.5, 0.6) is 11.5 Å². The molecule has 0 bridgehead atoms. The van der Waals surface area contributed by atoms with Crippen molar-refractivity contribution in [2.45, 2.75) is 13.1 Å². The lowest BCUT2D eigenvalue weighted by molar-refractivity contribution is 0.457. The molecule has 18 heavy (non-hydrogen) atoms. The highest BCUT2D eigenvalue weighted by Crippen LogP contribution is 2.19. The van der Waals surface area contributed by atoms with Crippen molar-refractivity contribution >= 4 is 0 Å². The van der Waals surface area contributed by atoms with E-state index < -0.39 is 0 Å². The maximum absolute atomic E-state index is 13.0. The van der Waals surface area contributed by atoms with E-state index in [-0.39, 0.29) is 17.3 Å². The van der Waals surface area contributed by atoms with Crippen LogP contribution in [0.1, 0.15) is 11.1 Å². The van der Waals surface area contributed by atoms with E-state index in [0.29, 0.717) is 18.7 Å². The van der Waals surface area contributed by atoms with Crippen molar-refractivity contribution in [1.82, 2.24) is 5.32 Å². The molecule has 0 spiro atoms. The molecule has 0 fully saturated rings. The summed E-state index contributed by atoms with van der Waals surface area (Å²) in [4.78, 5) is 0. The second kappa shape index (κ2) is 5.51. The lowest BCUT2D eigenvalue weighted by atomic mass is 10.1. The second-order valence-corrected chi connectivity index (χ2v) is 4.01. The molecule has 2 aromatic carbocycles. The van der Waals surface area contributed by atoms with Crippen LogP contribution in [0.15, 0.2) is 42.5 Å². The summed E-state index contributed by atoms with van der Waals surface area (Å²) in [6.45, 7) is 0.778. The van der Waals surface area contributed by atoms with Crippen molar-refractivity contribution in [2.24, 2.45) is 0 Å². The number of rotatable bonds is 4. The average Bonchev–Trinajstić information content (AvgIpc) is 2.36. The van der Waals surface area contributed by atoms with Gasteiger partial charge in [0.15, 0.2) is 0 Å². The summed E-state index contributed by atoms with van der Waals surface area (Å²) in [6.07, 6.45) is 0. The average molecular weight is 247 g/mol. The van der Waals surface area contributed by atoms with Crippen molar-refractivity contribution in [1.29, 1.82) is 0 Å². The van der Waals surface area contributed by atoms with Gasteiger partial charge in [-0.15, -0.1) is 0 Å². The number of phenols is 2. The van der Waals surface area contributed by atoms with E-state index in [1.54, 1.807) is 18.2 Å². The minimum Gasteiger partial charge on any atom is -0.508 e. The van der Waals surface area contributed by atoms with E-state index in [9.17, 15) is 14.6 Å². The molecule has 3 N–H and O–H groups in total. The van der Waals surface area contributed by atoms with Gasteiger partial charge >= 0.3 is 0 Å². The van der Waals surface area contributed by atoms with E-state index in [0.717, 1.165) is 5.56 Å². The third-order valence-electron chi connectivity index (χ3n) is 2.66. The summed E-state index contributed by atoms with van der Waals surface area (Å²) in [7, 11) is 0. The van der Waals surface area contributed by atoms with Gasteiger partial charge in [0.2, 0.25) is 0 Å². The van der Waals surface area contributed by atoms with Gasteiger partial charge in [-0.2, -0.15) is 0 Å². The number of hydrogen-bond donors (Lipinski definition) is 3. The lowest BCUT2D eigenvalue weighted by Gasteiger charge is -2.08. The van der Waals surface area contributed by atoms with Gasteiger partial charge in [-0.3, -0.25) is 0 Å². The van der Waals surface area contributed by atoms with Crippen LogP contribution < -0.4 is 5.32 Å². The third-order valence-corrected chi connectivity index (χ3v) is 2.66. The van der Waals surface area contributed by atoms with Crippen molar-refractivity contribution in [3.05, 3.63) is 59.4 Å². The normalized spacial score (nSPS) is 10.5. The summed E-state index contributed by atoms with van der Waals surface area (Å²) in [5.74, 6) is -0.109. The molecule has 0 atom stereocenters. The summed E-state index contributed by atoms with van der Waals surface area (Å²) in [5.41, 5.74) is 1.25. The van der Waals surface area contributed by atoms with Gasteiger partial charge in [0.25, 0.3) is 0 Å². The van der Waals surface area contributed by atoms with Crippen LogP contribution in [-0.2, 0) is 13.1 Å². The Balaban J connectivity index is 1.96. The predicted molar refractivity (Wildman–Crippen MR) is 66.7 cm³/mol. The van der Waals surface area contributed by atoms with Gasteiger partial charge in [-0.05, 0) is 24.3 Å². The number of para-hydroxylation sites is 1. The smallest absolute Gasteiger partial charge is 0.123 e.